The van der Waals surface area contributed by atoms with E-state index in [1.807, 2.05) is 42.5 Å². The van der Waals surface area contributed by atoms with Crippen molar-refractivity contribution in [2.75, 3.05) is 11.1 Å². The molecule has 0 unspecified atom stereocenters. The van der Waals surface area contributed by atoms with Crippen LogP contribution >= 0.6 is 34.7 Å². The number of nitrogens with zero attached hydrogens (tertiary/aromatic N) is 1. The average molecular weight is 403 g/mol. The van der Waals surface area contributed by atoms with E-state index in [9.17, 15) is 9.59 Å². The fraction of sp³-hybridized carbons (Fsp3) is 0.105. The zero-order valence-corrected chi connectivity index (χ0v) is 16.3. The number of Topliss-reactive ketones (excluding diaryl/α,β-unsaturated/α-hetero) is 1. The second kappa shape index (κ2) is 8.49. The number of carbonyl (C=O) groups excluding carboxylic acids is 2. The van der Waals surface area contributed by atoms with Gasteiger partial charge in [0.2, 0.25) is 5.91 Å². The summed E-state index contributed by atoms with van der Waals surface area (Å²) in [5, 5.41) is 3.86. The quantitative estimate of drug-likeness (QED) is 0.443. The van der Waals surface area contributed by atoms with Gasteiger partial charge in [0.1, 0.15) is 0 Å². The molecule has 132 valence electrons. The number of hydrogen-bond acceptors (Lipinski definition) is 5. The number of nitrogens with one attached hydrogen (secondary N) is 1. The monoisotopic (exact) mass is 402 g/mol. The van der Waals surface area contributed by atoms with Crippen LogP contribution in [0.15, 0.2) is 59.5 Å². The molecule has 2 aromatic carbocycles. The van der Waals surface area contributed by atoms with Crippen LogP contribution in [0.4, 0.5) is 5.13 Å². The Labute approximate surface area is 164 Å². The third kappa shape index (κ3) is 4.72. The van der Waals surface area contributed by atoms with Crippen LogP contribution in [-0.2, 0) is 4.79 Å². The summed E-state index contributed by atoms with van der Waals surface area (Å²) in [7, 11) is 0. The first-order valence-electron chi connectivity index (χ1n) is 7.78. The van der Waals surface area contributed by atoms with E-state index in [2.05, 4.69) is 10.3 Å². The van der Waals surface area contributed by atoms with Gasteiger partial charge >= 0.3 is 0 Å². The summed E-state index contributed by atoms with van der Waals surface area (Å²) in [4.78, 5) is 30.1. The Hall–Kier alpha value is -2.15. The highest BCUT2D eigenvalue weighted by Gasteiger charge is 2.17. The minimum Gasteiger partial charge on any atom is -0.301 e. The van der Waals surface area contributed by atoms with Crippen LogP contribution in [0.5, 0.6) is 0 Å². The number of aromatic nitrogens is 1. The van der Waals surface area contributed by atoms with Crippen molar-refractivity contribution >= 4 is 51.5 Å². The fourth-order valence-electron chi connectivity index (χ4n) is 2.24. The number of carbonyl (C=O) groups is 2. The lowest BCUT2D eigenvalue weighted by molar-refractivity contribution is -0.113. The minimum atomic E-state index is -0.173. The molecule has 7 heteroatoms. The first-order valence-corrected chi connectivity index (χ1v) is 9.96. The molecule has 1 N–H and O–H groups in total. The van der Waals surface area contributed by atoms with E-state index in [-0.39, 0.29) is 17.4 Å². The van der Waals surface area contributed by atoms with Gasteiger partial charge in [-0.15, -0.1) is 11.8 Å². The summed E-state index contributed by atoms with van der Waals surface area (Å²) in [5.41, 5.74) is 1.45. The van der Waals surface area contributed by atoms with Gasteiger partial charge in [0.15, 0.2) is 10.9 Å². The molecule has 3 rings (SSSR count). The number of thioether (sulfide) groups is 1. The van der Waals surface area contributed by atoms with Crippen LogP contribution in [0.25, 0.3) is 11.3 Å². The average Bonchev–Trinajstić information content (AvgIpc) is 3.06. The molecule has 1 amide bonds. The molecule has 0 bridgehead atoms. The second-order valence-corrected chi connectivity index (χ2v) is 7.89. The molecular formula is C19H15ClN2O2S2. The third-order valence-corrected chi connectivity index (χ3v) is 5.76. The molecular weight excluding hydrogens is 388 g/mol. The van der Waals surface area contributed by atoms with Gasteiger partial charge in [-0.2, -0.15) is 0 Å². The minimum absolute atomic E-state index is 0.0719. The zero-order valence-electron chi connectivity index (χ0n) is 13.9. The zero-order chi connectivity index (χ0) is 18.5. The van der Waals surface area contributed by atoms with Crippen molar-refractivity contribution in [2.24, 2.45) is 0 Å². The number of ketones is 1. The van der Waals surface area contributed by atoms with E-state index in [1.54, 1.807) is 12.1 Å². The Balaban J connectivity index is 1.70. The summed E-state index contributed by atoms with van der Waals surface area (Å²) >= 11 is 8.46. The van der Waals surface area contributed by atoms with Gasteiger partial charge in [-0.25, -0.2) is 4.98 Å². The second-order valence-electron chi connectivity index (χ2n) is 5.41. The van der Waals surface area contributed by atoms with Crippen molar-refractivity contribution in [1.82, 2.24) is 4.98 Å². The lowest BCUT2D eigenvalue weighted by Crippen LogP contribution is -2.13. The molecule has 0 aliphatic rings. The van der Waals surface area contributed by atoms with Gasteiger partial charge < -0.3 is 5.32 Å². The molecule has 26 heavy (non-hydrogen) atoms. The summed E-state index contributed by atoms with van der Waals surface area (Å²) < 4.78 is 0. The van der Waals surface area contributed by atoms with Crippen molar-refractivity contribution in [1.29, 1.82) is 0 Å². The molecule has 3 aromatic rings. The number of rotatable bonds is 6. The normalized spacial score (nSPS) is 10.5. The predicted molar refractivity (Wildman–Crippen MR) is 108 cm³/mol. The van der Waals surface area contributed by atoms with E-state index >= 15 is 0 Å². The van der Waals surface area contributed by atoms with E-state index in [0.717, 1.165) is 10.5 Å². The molecule has 0 aliphatic heterocycles. The molecule has 0 radical (unpaired) electrons. The van der Waals surface area contributed by atoms with Gasteiger partial charge in [-0.1, -0.05) is 53.3 Å². The van der Waals surface area contributed by atoms with E-state index in [0.29, 0.717) is 20.7 Å². The summed E-state index contributed by atoms with van der Waals surface area (Å²) in [5.74, 6) is 0.00268. The Morgan fingerprint density at radius 1 is 1.12 bits per heavy atom. The van der Waals surface area contributed by atoms with Crippen molar-refractivity contribution in [3.05, 3.63) is 64.5 Å². The van der Waals surface area contributed by atoms with Gasteiger partial charge in [0.05, 0.1) is 16.3 Å². The Morgan fingerprint density at radius 3 is 2.46 bits per heavy atom. The van der Waals surface area contributed by atoms with Crippen LogP contribution in [0.2, 0.25) is 5.02 Å². The van der Waals surface area contributed by atoms with Gasteiger partial charge in [0.25, 0.3) is 0 Å². The molecule has 0 spiro atoms. The lowest BCUT2D eigenvalue weighted by atomic mass is 10.1. The first-order chi connectivity index (χ1) is 12.5. The number of thiazole rings is 1. The number of benzene rings is 2. The Bertz CT molecular complexity index is 924. The van der Waals surface area contributed by atoms with Crippen LogP contribution < -0.4 is 5.32 Å². The SMILES string of the molecule is CC(=O)c1sc(NC(=O)CSc2ccc(Cl)cc2)nc1-c1ccccc1. The topological polar surface area (TPSA) is 59.1 Å². The lowest BCUT2D eigenvalue weighted by Gasteiger charge is -2.02. The standard InChI is InChI=1S/C19H15ClN2O2S2/c1-12(23)18-17(13-5-3-2-4-6-13)22-19(26-18)21-16(24)11-25-15-9-7-14(20)8-10-15/h2-10H,11H2,1H3,(H,21,22,24). The van der Waals surface area contributed by atoms with Crippen molar-refractivity contribution in [3.63, 3.8) is 0 Å². The maximum absolute atomic E-state index is 12.2. The molecule has 1 heterocycles. The first kappa shape index (κ1) is 18.6. The van der Waals surface area contributed by atoms with Gasteiger partial charge in [-0.05, 0) is 24.3 Å². The van der Waals surface area contributed by atoms with Crippen LogP contribution in [-0.4, -0.2) is 22.4 Å². The third-order valence-electron chi connectivity index (χ3n) is 3.42. The highest BCUT2D eigenvalue weighted by molar-refractivity contribution is 8.00. The molecule has 0 aliphatic carbocycles. The number of hydrogen-bond donors (Lipinski definition) is 1. The largest absolute Gasteiger partial charge is 0.301 e. The van der Waals surface area contributed by atoms with Crippen molar-refractivity contribution < 1.29 is 9.59 Å². The van der Waals surface area contributed by atoms with Gasteiger partial charge in [0, 0.05) is 22.4 Å². The van der Waals surface area contributed by atoms with Crippen molar-refractivity contribution in [3.8, 4) is 11.3 Å². The van der Waals surface area contributed by atoms with E-state index in [1.165, 1.54) is 30.0 Å². The van der Waals surface area contributed by atoms with E-state index < -0.39 is 0 Å². The molecule has 0 saturated heterocycles. The fourth-order valence-corrected chi connectivity index (χ4v) is 3.96. The van der Waals surface area contributed by atoms with Gasteiger partial charge in [-0.3, -0.25) is 9.59 Å². The molecule has 0 atom stereocenters. The number of amides is 1. The van der Waals surface area contributed by atoms with E-state index in [4.69, 9.17) is 11.6 Å². The highest BCUT2D eigenvalue weighted by Crippen LogP contribution is 2.31. The van der Waals surface area contributed by atoms with Crippen LogP contribution in [0, 0.1) is 0 Å². The van der Waals surface area contributed by atoms with Crippen LogP contribution in [0.1, 0.15) is 16.6 Å². The number of anilines is 1. The molecule has 1 aromatic heterocycles. The Morgan fingerprint density at radius 2 is 1.81 bits per heavy atom. The maximum Gasteiger partial charge on any atom is 0.236 e. The summed E-state index contributed by atoms with van der Waals surface area (Å²) in [6.45, 7) is 1.50. The predicted octanol–water partition coefficient (Wildman–Crippen LogP) is 5.40. The smallest absolute Gasteiger partial charge is 0.236 e. The van der Waals surface area contributed by atoms with Crippen molar-refractivity contribution in [2.45, 2.75) is 11.8 Å². The number of halogens is 1. The summed E-state index contributed by atoms with van der Waals surface area (Å²) in [6.07, 6.45) is 0. The van der Waals surface area contributed by atoms with Crippen LogP contribution in [0.3, 0.4) is 0 Å². The summed E-state index contributed by atoms with van der Waals surface area (Å²) in [6, 6.07) is 16.8. The highest BCUT2D eigenvalue weighted by atomic mass is 35.5. The molecule has 0 saturated carbocycles. The molecule has 0 fully saturated rings. The maximum atomic E-state index is 12.2. The molecule has 4 nitrogen and oxygen atoms in total. The Kier molecular flexibility index (Phi) is 6.08.